The molecule has 0 bridgehead atoms. The van der Waals surface area contributed by atoms with Gasteiger partial charge in [-0.25, -0.2) is 4.79 Å². The molecule has 96 valence electrons. The highest BCUT2D eigenvalue weighted by Gasteiger charge is 2.36. The molecular formula is C14H17ClN2O. The zero-order chi connectivity index (χ0) is 12.8. The van der Waals surface area contributed by atoms with E-state index in [0.717, 1.165) is 16.6 Å². The zero-order valence-corrected chi connectivity index (χ0v) is 11.2. The van der Waals surface area contributed by atoms with Crippen molar-refractivity contribution >= 4 is 22.6 Å². The van der Waals surface area contributed by atoms with Crippen molar-refractivity contribution < 1.29 is 0 Å². The van der Waals surface area contributed by atoms with Gasteiger partial charge in [0.2, 0.25) is 0 Å². The van der Waals surface area contributed by atoms with Gasteiger partial charge in [0.05, 0.1) is 16.4 Å². The van der Waals surface area contributed by atoms with Crippen molar-refractivity contribution in [1.82, 2.24) is 9.97 Å². The third-order valence-electron chi connectivity index (χ3n) is 4.19. The molecule has 1 aromatic heterocycles. The van der Waals surface area contributed by atoms with Gasteiger partial charge < -0.3 is 9.97 Å². The number of imidazole rings is 1. The lowest BCUT2D eigenvalue weighted by Gasteiger charge is -2.29. The average molecular weight is 265 g/mol. The number of H-pyrrole nitrogens is 2. The van der Waals surface area contributed by atoms with Gasteiger partial charge >= 0.3 is 5.69 Å². The Kier molecular flexibility index (Phi) is 2.74. The maximum absolute atomic E-state index is 11.2. The van der Waals surface area contributed by atoms with Crippen LogP contribution in [0.4, 0.5) is 0 Å². The largest absolute Gasteiger partial charge is 0.323 e. The number of fused-ring (bicyclic) bond motifs is 1. The minimum atomic E-state index is -0.166. The van der Waals surface area contributed by atoms with Crippen molar-refractivity contribution in [2.45, 2.75) is 38.0 Å². The number of nitrogens with one attached hydrogen (secondary N) is 2. The Bertz CT molecular complexity index is 622. The maximum atomic E-state index is 11.2. The molecule has 3 rings (SSSR count). The van der Waals surface area contributed by atoms with E-state index in [0.29, 0.717) is 0 Å². The van der Waals surface area contributed by atoms with Gasteiger partial charge in [0.1, 0.15) is 0 Å². The Morgan fingerprint density at radius 2 is 1.89 bits per heavy atom. The number of hydrogen-bond donors (Lipinski definition) is 2. The number of aromatic amines is 2. The number of alkyl halides is 1. The Morgan fingerprint density at radius 3 is 2.61 bits per heavy atom. The van der Waals surface area contributed by atoms with E-state index in [4.69, 9.17) is 11.6 Å². The molecule has 2 N–H and O–H groups in total. The summed E-state index contributed by atoms with van der Waals surface area (Å²) in [5.41, 5.74) is 2.80. The fraction of sp³-hybridized carbons (Fsp3) is 0.500. The first-order valence-corrected chi connectivity index (χ1v) is 6.88. The van der Waals surface area contributed by atoms with Crippen LogP contribution >= 0.6 is 11.6 Å². The van der Waals surface area contributed by atoms with Crippen LogP contribution in [0.1, 0.15) is 43.5 Å². The van der Waals surface area contributed by atoms with E-state index >= 15 is 0 Å². The molecule has 0 saturated heterocycles. The van der Waals surface area contributed by atoms with Crippen LogP contribution in [0.5, 0.6) is 0 Å². The Labute approximate surface area is 111 Å². The first-order valence-electron chi connectivity index (χ1n) is 6.44. The number of rotatable bonds is 2. The third kappa shape index (κ3) is 1.87. The second kappa shape index (κ2) is 4.16. The summed E-state index contributed by atoms with van der Waals surface area (Å²) in [6, 6.07) is 5.94. The molecule has 4 heteroatoms. The van der Waals surface area contributed by atoms with Crippen molar-refractivity contribution in [2.24, 2.45) is 5.41 Å². The summed E-state index contributed by atoms with van der Waals surface area (Å²) in [6.45, 7) is 2.27. The van der Waals surface area contributed by atoms with Crippen LogP contribution in [0, 0.1) is 5.41 Å². The summed E-state index contributed by atoms with van der Waals surface area (Å²) in [5.74, 6) is 0. The molecule has 0 spiro atoms. The first kappa shape index (κ1) is 11.8. The molecule has 1 aromatic carbocycles. The van der Waals surface area contributed by atoms with Crippen molar-refractivity contribution in [2.75, 3.05) is 0 Å². The lowest BCUT2D eigenvalue weighted by atomic mass is 9.81. The lowest BCUT2D eigenvalue weighted by molar-refractivity contribution is 0.322. The van der Waals surface area contributed by atoms with Crippen LogP contribution < -0.4 is 5.69 Å². The molecule has 1 aliphatic carbocycles. The average Bonchev–Trinajstić information content (AvgIpc) is 2.93. The maximum Gasteiger partial charge on any atom is 0.323 e. The standard InChI is InChI=1S/C14H17ClN2O/c1-14(6-2-3-7-14)12(15)9-4-5-10-11(8-9)17-13(18)16-10/h4-5,8,12H,2-3,6-7H2,1H3,(H2,16,17,18). The van der Waals surface area contributed by atoms with Gasteiger partial charge in [-0.15, -0.1) is 11.6 Å². The quantitative estimate of drug-likeness (QED) is 0.798. The third-order valence-corrected chi connectivity index (χ3v) is 4.97. The van der Waals surface area contributed by atoms with Crippen LogP contribution in [0.3, 0.4) is 0 Å². The normalized spacial score (nSPS) is 20.3. The predicted octanol–water partition coefficient (Wildman–Crippen LogP) is 3.72. The van der Waals surface area contributed by atoms with Crippen LogP contribution in [0.15, 0.2) is 23.0 Å². The number of hydrogen-bond acceptors (Lipinski definition) is 1. The molecule has 1 fully saturated rings. The van der Waals surface area contributed by atoms with E-state index in [9.17, 15) is 4.79 Å². The summed E-state index contributed by atoms with van der Waals surface area (Å²) in [6.07, 6.45) is 4.90. The van der Waals surface area contributed by atoms with Crippen LogP contribution in [-0.4, -0.2) is 9.97 Å². The van der Waals surface area contributed by atoms with Crippen LogP contribution in [0.25, 0.3) is 11.0 Å². The van der Waals surface area contributed by atoms with Gasteiger partial charge in [0.25, 0.3) is 0 Å². The summed E-state index contributed by atoms with van der Waals surface area (Å²) in [5, 5.41) is 0.0165. The van der Waals surface area contributed by atoms with Crippen molar-refractivity contribution in [3.8, 4) is 0 Å². The van der Waals surface area contributed by atoms with Gasteiger partial charge in [-0.05, 0) is 36.0 Å². The van der Waals surface area contributed by atoms with Gasteiger partial charge in [0.15, 0.2) is 0 Å². The van der Waals surface area contributed by atoms with E-state index in [2.05, 4.69) is 16.9 Å². The number of benzene rings is 1. The van der Waals surface area contributed by atoms with Crippen molar-refractivity contribution in [1.29, 1.82) is 0 Å². The minimum Gasteiger partial charge on any atom is -0.306 e. The highest BCUT2D eigenvalue weighted by Crippen LogP contribution is 2.50. The van der Waals surface area contributed by atoms with Crippen molar-refractivity contribution in [3.63, 3.8) is 0 Å². The fourth-order valence-corrected chi connectivity index (χ4v) is 3.40. The Morgan fingerprint density at radius 1 is 1.22 bits per heavy atom. The lowest BCUT2D eigenvalue weighted by Crippen LogP contribution is -2.17. The molecule has 1 saturated carbocycles. The van der Waals surface area contributed by atoms with Gasteiger partial charge in [-0.3, -0.25) is 0 Å². The second-order valence-electron chi connectivity index (χ2n) is 5.61. The first-order chi connectivity index (χ1) is 8.58. The molecule has 0 radical (unpaired) electrons. The number of aromatic nitrogens is 2. The Hall–Kier alpha value is -1.22. The minimum absolute atomic E-state index is 0.0165. The molecule has 0 aliphatic heterocycles. The van der Waals surface area contributed by atoms with Crippen molar-refractivity contribution in [3.05, 3.63) is 34.2 Å². The molecule has 3 nitrogen and oxygen atoms in total. The topological polar surface area (TPSA) is 48.6 Å². The van der Waals surface area contributed by atoms with Gasteiger partial charge in [0, 0.05) is 0 Å². The summed E-state index contributed by atoms with van der Waals surface area (Å²) in [4.78, 5) is 16.8. The van der Waals surface area contributed by atoms with Crippen LogP contribution in [-0.2, 0) is 0 Å². The highest BCUT2D eigenvalue weighted by molar-refractivity contribution is 6.21. The summed E-state index contributed by atoms with van der Waals surface area (Å²) >= 11 is 6.66. The fourth-order valence-electron chi connectivity index (χ4n) is 3.05. The molecule has 1 atom stereocenters. The molecular weight excluding hydrogens is 248 g/mol. The van der Waals surface area contributed by atoms with E-state index in [1.165, 1.54) is 25.7 Å². The molecule has 18 heavy (non-hydrogen) atoms. The summed E-state index contributed by atoms with van der Waals surface area (Å²) < 4.78 is 0. The highest BCUT2D eigenvalue weighted by atomic mass is 35.5. The molecule has 1 aliphatic rings. The molecule has 0 amide bonds. The predicted molar refractivity (Wildman–Crippen MR) is 74.1 cm³/mol. The van der Waals surface area contributed by atoms with Gasteiger partial charge in [-0.2, -0.15) is 0 Å². The summed E-state index contributed by atoms with van der Waals surface area (Å²) in [7, 11) is 0. The molecule has 2 aromatic rings. The number of halogens is 1. The monoisotopic (exact) mass is 264 g/mol. The Balaban J connectivity index is 2.00. The molecule has 1 heterocycles. The van der Waals surface area contributed by atoms with E-state index in [1.54, 1.807) is 0 Å². The smallest absolute Gasteiger partial charge is 0.306 e. The van der Waals surface area contributed by atoms with Gasteiger partial charge in [-0.1, -0.05) is 25.8 Å². The van der Waals surface area contributed by atoms with Crippen LogP contribution in [0.2, 0.25) is 0 Å². The van der Waals surface area contributed by atoms with E-state index in [1.807, 2.05) is 18.2 Å². The SMILES string of the molecule is CC1(C(Cl)c2ccc3[nH]c(=O)[nH]c3c2)CCCC1. The van der Waals surface area contributed by atoms with E-state index in [-0.39, 0.29) is 16.5 Å². The second-order valence-corrected chi connectivity index (χ2v) is 6.04. The zero-order valence-electron chi connectivity index (χ0n) is 10.4. The van der Waals surface area contributed by atoms with E-state index < -0.39 is 0 Å². The molecule has 1 unspecified atom stereocenters.